The van der Waals surface area contributed by atoms with E-state index in [0.717, 1.165) is 25.7 Å². The van der Waals surface area contributed by atoms with E-state index in [-0.39, 0.29) is 12.3 Å². The molecule has 0 aromatic carbocycles. The van der Waals surface area contributed by atoms with Crippen molar-refractivity contribution in [3.05, 3.63) is 32.6 Å². The average Bonchev–Trinajstić information content (AvgIpc) is 2.64. The first-order valence-electron chi connectivity index (χ1n) is 10.4. The number of likely N-dealkylation sites (tertiary alicyclic amines) is 1. The third-order valence-electron chi connectivity index (χ3n) is 6.73. The lowest BCUT2D eigenvalue weighted by molar-refractivity contribution is -0.138. The molecule has 3 aliphatic rings. The summed E-state index contributed by atoms with van der Waals surface area (Å²) >= 11 is 0. The van der Waals surface area contributed by atoms with Crippen LogP contribution in [-0.2, 0) is 11.2 Å². The number of aromatic amines is 2. The molecule has 0 saturated carbocycles. The Hall–Kier alpha value is -1.89. The van der Waals surface area contributed by atoms with Crippen LogP contribution in [-0.4, -0.2) is 57.4 Å². The topological polar surface area (TPSA) is 89.3 Å². The van der Waals surface area contributed by atoms with Crippen LogP contribution in [0.2, 0.25) is 0 Å². The Morgan fingerprint density at radius 1 is 1.22 bits per heavy atom. The minimum absolute atomic E-state index is 0.00313. The molecule has 0 aliphatic carbocycles. The van der Waals surface area contributed by atoms with Gasteiger partial charge < -0.3 is 9.88 Å². The van der Waals surface area contributed by atoms with Crippen LogP contribution in [0.4, 0.5) is 0 Å². The van der Waals surface area contributed by atoms with Crippen LogP contribution in [0.15, 0.2) is 15.8 Å². The van der Waals surface area contributed by atoms with Gasteiger partial charge in [0, 0.05) is 43.5 Å². The van der Waals surface area contributed by atoms with Gasteiger partial charge in [-0.05, 0) is 37.5 Å². The highest BCUT2D eigenvalue weighted by molar-refractivity contribution is 5.78. The maximum absolute atomic E-state index is 12.8. The second kappa shape index (κ2) is 7.62. The Morgan fingerprint density at radius 3 is 2.85 bits per heavy atom. The van der Waals surface area contributed by atoms with Crippen molar-refractivity contribution in [1.29, 1.82) is 0 Å². The van der Waals surface area contributed by atoms with Gasteiger partial charge in [0.25, 0.3) is 5.56 Å². The van der Waals surface area contributed by atoms with Crippen molar-refractivity contribution in [3.8, 4) is 0 Å². The van der Waals surface area contributed by atoms with Gasteiger partial charge in [0.1, 0.15) is 0 Å². The van der Waals surface area contributed by atoms with Crippen molar-refractivity contribution in [2.45, 2.75) is 64.0 Å². The zero-order valence-electron chi connectivity index (χ0n) is 16.1. The second-order valence-electron chi connectivity index (χ2n) is 8.57. The Morgan fingerprint density at radius 2 is 2.07 bits per heavy atom. The number of carbonyl (C=O) groups excluding carboxylic acids is 1. The smallest absolute Gasteiger partial charge is 0.325 e. The summed E-state index contributed by atoms with van der Waals surface area (Å²) in [6, 6.07) is 1.33. The number of rotatable bonds is 4. The number of carbonyl (C=O) groups is 1. The van der Waals surface area contributed by atoms with E-state index >= 15 is 0 Å². The van der Waals surface area contributed by atoms with E-state index < -0.39 is 11.2 Å². The SMILES string of the molecule is CCC[C@H]1CCC[C@H]2[C@@H]3C[C@@H](CN(C(=O)Cc4c[nH]c(=O)[nH]c4=O)C3)CN12. The summed E-state index contributed by atoms with van der Waals surface area (Å²) in [5.74, 6) is 1.09. The molecule has 148 valence electrons. The lowest BCUT2D eigenvalue weighted by Crippen LogP contribution is -2.62. The zero-order chi connectivity index (χ0) is 19.0. The molecule has 1 amide bonds. The molecule has 27 heavy (non-hydrogen) atoms. The second-order valence-corrected chi connectivity index (χ2v) is 8.57. The van der Waals surface area contributed by atoms with Gasteiger partial charge in [-0.25, -0.2) is 4.79 Å². The summed E-state index contributed by atoms with van der Waals surface area (Å²) in [6.07, 6.45) is 9.03. The highest BCUT2D eigenvalue weighted by Crippen LogP contribution is 2.40. The molecule has 4 rings (SSSR count). The van der Waals surface area contributed by atoms with E-state index in [4.69, 9.17) is 0 Å². The molecule has 1 aromatic heterocycles. The van der Waals surface area contributed by atoms with Crippen LogP contribution in [0.25, 0.3) is 0 Å². The molecule has 2 bridgehead atoms. The number of amides is 1. The van der Waals surface area contributed by atoms with E-state index in [9.17, 15) is 14.4 Å². The Kier molecular flexibility index (Phi) is 5.21. The standard InChI is InChI=1S/C20H30N4O3/c1-2-4-16-5-3-6-17-15-7-13(11-24(16)17)10-23(12-15)18(25)8-14-9-21-20(27)22-19(14)26/h9,13,15-17H,2-8,10-12H2,1H3,(H2,21,22,26,27)/t13-,15+,16-,17-/m0/s1. The first kappa shape index (κ1) is 18.5. The van der Waals surface area contributed by atoms with Crippen LogP contribution < -0.4 is 11.2 Å². The third kappa shape index (κ3) is 3.74. The molecule has 4 atom stereocenters. The quantitative estimate of drug-likeness (QED) is 0.826. The summed E-state index contributed by atoms with van der Waals surface area (Å²) in [7, 11) is 0. The van der Waals surface area contributed by atoms with Gasteiger partial charge in [-0.3, -0.25) is 19.5 Å². The number of aromatic nitrogens is 2. The fourth-order valence-corrected chi connectivity index (χ4v) is 5.60. The van der Waals surface area contributed by atoms with Crippen molar-refractivity contribution >= 4 is 5.91 Å². The number of nitrogens with zero attached hydrogens (tertiary/aromatic N) is 2. The van der Waals surface area contributed by atoms with E-state index in [1.807, 2.05) is 4.90 Å². The number of hydrogen-bond donors (Lipinski definition) is 2. The monoisotopic (exact) mass is 374 g/mol. The van der Waals surface area contributed by atoms with Gasteiger partial charge in [0.15, 0.2) is 0 Å². The third-order valence-corrected chi connectivity index (χ3v) is 6.73. The van der Waals surface area contributed by atoms with Crippen LogP contribution in [0.5, 0.6) is 0 Å². The van der Waals surface area contributed by atoms with Crippen LogP contribution in [0.1, 0.15) is 51.0 Å². The minimum atomic E-state index is -0.539. The summed E-state index contributed by atoms with van der Waals surface area (Å²) < 4.78 is 0. The van der Waals surface area contributed by atoms with Gasteiger partial charge in [-0.1, -0.05) is 19.8 Å². The lowest BCUT2D eigenvalue weighted by atomic mass is 9.74. The number of piperidine rings is 3. The Bertz CT molecular complexity index is 799. The van der Waals surface area contributed by atoms with Crippen LogP contribution >= 0.6 is 0 Å². The van der Waals surface area contributed by atoms with Gasteiger partial charge in [-0.15, -0.1) is 0 Å². The molecule has 7 nitrogen and oxygen atoms in total. The highest BCUT2D eigenvalue weighted by atomic mass is 16.2. The Balaban J connectivity index is 1.45. The zero-order valence-corrected chi connectivity index (χ0v) is 16.1. The van der Waals surface area contributed by atoms with E-state index in [2.05, 4.69) is 21.8 Å². The van der Waals surface area contributed by atoms with Crippen molar-refractivity contribution < 1.29 is 4.79 Å². The summed E-state index contributed by atoms with van der Waals surface area (Å²) in [4.78, 5) is 45.3. The molecule has 1 aromatic rings. The van der Waals surface area contributed by atoms with Crippen molar-refractivity contribution in [2.75, 3.05) is 19.6 Å². The molecule has 2 N–H and O–H groups in total. The summed E-state index contributed by atoms with van der Waals surface area (Å²) in [5, 5.41) is 0. The van der Waals surface area contributed by atoms with E-state index in [0.29, 0.717) is 23.4 Å². The number of nitrogens with one attached hydrogen (secondary N) is 2. The van der Waals surface area contributed by atoms with Gasteiger partial charge >= 0.3 is 5.69 Å². The molecule has 0 unspecified atom stereocenters. The van der Waals surface area contributed by atoms with Crippen LogP contribution in [0, 0.1) is 11.8 Å². The average molecular weight is 374 g/mol. The predicted molar refractivity (Wildman–Crippen MR) is 103 cm³/mol. The highest BCUT2D eigenvalue weighted by Gasteiger charge is 2.45. The fraction of sp³-hybridized carbons (Fsp3) is 0.750. The summed E-state index contributed by atoms with van der Waals surface area (Å²) in [5.41, 5.74) is -0.675. The lowest BCUT2D eigenvalue weighted by Gasteiger charge is -2.55. The number of fused-ring (bicyclic) bond motifs is 4. The van der Waals surface area contributed by atoms with Crippen molar-refractivity contribution in [3.63, 3.8) is 0 Å². The maximum atomic E-state index is 12.8. The van der Waals surface area contributed by atoms with Gasteiger partial charge in [-0.2, -0.15) is 0 Å². The normalized spacial score (nSPS) is 30.8. The molecule has 7 heteroatoms. The number of hydrogen-bond acceptors (Lipinski definition) is 4. The molecule has 3 saturated heterocycles. The molecule has 0 spiro atoms. The molecule has 4 heterocycles. The predicted octanol–water partition coefficient (Wildman–Crippen LogP) is 1.11. The largest absolute Gasteiger partial charge is 0.342 e. The minimum Gasteiger partial charge on any atom is -0.342 e. The molecule has 3 fully saturated rings. The van der Waals surface area contributed by atoms with Gasteiger partial charge in [0.2, 0.25) is 5.91 Å². The van der Waals surface area contributed by atoms with Crippen molar-refractivity contribution in [2.24, 2.45) is 11.8 Å². The number of H-pyrrole nitrogens is 2. The Labute approximate surface area is 159 Å². The first-order chi connectivity index (χ1) is 13.0. The molecular weight excluding hydrogens is 344 g/mol. The molecule has 0 radical (unpaired) electrons. The van der Waals surface area contributed by atoms with E-state index in [1.165, 1.54) is 44.7 Å². The summed E-state index contributed by atoms with van der Waals surface area (Å²) in [6.45, 7) is 4.97. The molecule has 3 aliphatic heterocycles. The van der Waals surface area contributed by atoms with Crippen LogP contribution in [0.3, 0.4) is 0 Å². The maximum Gasteiger partial charge on any atom is 0.325 e. The molecular formula is C20H30N4O3. The fourth-order valence-electron chi connectivity index (χ4n) is 5.60. The van der Waals surface area contributed by atoms with Gasteiger partial charge in [0.05, 0.1) is 6.42 Å². The first-order valence-corrected chi connectivity index (χ1v) is 10.4. The van der Waals surface area contributed by atoms with E-state index in [1.54, 1.807) is 0 Å². The van der Waals surface area contributed by atoms with Crippen molar-refractivity contribution in [1.82, 2.24) is 19.8 Å².